The van der Waals surface area contributed by atoms with Gasteiger partial charge in [0.05, 0.1) is 11.1 Å². The van der Waals surface area contributed by atoms with E-state index in [1.807, 2.05) is 0 Å². The molecule has 0 spiro atoms. The van der Waals surface area contributed by atoms with Crippen LogP contribution in [0.5, 0.6) is 17.2 Å². The SMILES string of the molecule is O=C(N/N=C\c1cc(Br)cc([N+](=O)[O-])c1O)/C(=C\c1ccc2c(c1)OCO2)NC(=O)c1ccccc1. The number of nitrogens with zero attached hydrogens (tertiary/aromatic N) is 2. The van der Waals surface area contributed by atoms with Gasteiger partial charge in [0.15, 0.2) is 11.5 Å². The highest BCUT2D eigenvalue weighted by molar-refractivity contribution is 9.10. The molecular weight excluding hydrogens is 536 g/mol. The van der Waals surface area contributed by atoms with Gasteiger partial charge in [-0.15, -0.1) is 0 Å². The Morgan fingerprint density at radius 3 is 2.58 bits per heavy atom. The van der Waals surface area contributed by atoms with Gasteiger partial charge in [-0.25, -0.2) is 5.43 Å². The van der Waals surface area contributed by atoms with Gasteiger partial charge in [-0.2, -0.15) is 5.10 Å². The summed E-state index contributed by atoms with van der Waals surface area (Å²) in [5, 5.41) is 27.6. The number of aromatic hydroxyl groups is 1. The van der Waals surface area contributed by atoms with E-state index in [4.69, 9.17) is 9.47 Å². The van der Waals surface area contributed by atoms with Crippen molar-refractivity contribution in [2.24, 2.45) is 5.10 Å². The molecule has 0 saturated carbocycles. The molecule has 3 aromatic rings. The fourth-order valence-electron chi connectivity index (χ4n) is 3.18. The second-order valence-electron chi connectivity index (χ2n) is 7.31. The number of nitro groups is 1. The summed E-state index contributed by atoms with van der Waals surface area (Å²) < 4.78 is 11.0. The lowest BCUT2D eigenvalue weighted by molar-refractivity contribution is -0.385. The Balaban J connectivity index is 1.59. The van der Waals surface area contributed by atoms with Gasteiger partial charge in [0.1, 0.15) is 5.70 Å². The van der Waals surface area contributed by atoms with Gasteiger partial charge in [-0.3, -0.25) is 19.7 Å². The number of carbonyl (C=O) groups excluding carboxylic acids is 2. The summed E-state index contributed by atoms with van der Waals surface area (Å²) in [4.78, 5) is 36.0. The van der Waals surface area contributed by atoms with Crippen molar-refractivity contribution in [2.75, 3.05) is 6.79 Å². The topological polar surface area (TPSA) is 152 Å². The average molecular weight is 553 g/mol. The Hall–Kier alpha value is -4.71. The number of hydrazone groups is 1. The number of ether oxygens (including phenoxy) is 2. The van der Waals surface area contributed by atoms with Crippen LogP contribution in [0.3, 0.4) is 0 Å². The summed E-state index contributed by atoms with van der Waals surface area (Å²) >= 11 is 3.13. The van der Waals surface area contributed by atoms with Crippen LogP contribution in [-0.4, -0.2) is 34.9 Å². The quantitative estimate of drug-likeness (QED) is 0.175. The maximum atomic E-state index is 12.9. The number of carbonyl (C=O) groups is 2. The largest absolute Gasteiger partial charge is 0.502 e. The van der Waals surface area contributed by atoms with E-state index in [-0.39, 0.29) is 18.1 Å². The number of benzene rings is 3. The maximum absolute atomic E-state index is 12.9. The highest BCUT2D eigenvalue weighted by atomic mass is 79.9. The number of amides is 2. The normalized spacial score (nSPS) is 12.4. The van der Waals surface area contributed by atoms with Crippen LogP contribution in [0.4, 0.5) is 5.69 Å². The Morgan fingerprint density at radius 1 is 1.08 bits per heavy atom. The molecule has 3 N–H and O–H groups in total. The fraction of sp³-hybridized carbons (Fsp3) is 0.0417. The zero-order chi connectivity index (χ0) is 25.7. The first-order valence-corrected chi connectivity index (χ1v) is 11.1. The number of rotatable bonds is 7. The lowest BCUT2D eigenvalue weighted by Gasteiger charge is -2.09. The van der Waals surface area contributed by atoms with Crippen LogP contribution in [0.1, 0.15) is 21.5 Å². The monoisotopic (exact) mass is 552 g/mol. The Kier molecular flexibility index (Phi) is 7.25. The standard InChI is InChI=1S/C24H17BrN4O7/c25-17-10-16(22(30)19(11-17)29(33)34)12-26-28-24(32)18(27-23(31)15-4-2-1-3-5-15)8-14-6-7-20-21(9-14)36-13-35-20/h1-12,30H,13H2,(H,27,31)(H,28,32)/b18-8+,26-12-. The van der Waals surface area contributed by atoms with Crippen LogP contribution >= 0.6 is 15.9 Å². The number of hydrogen-bond acceptors (Lipinski definition) is 8. The van der Waals surface area contributed by atoms with Crippen molar-refractivity contribution < 1.29 is 29.1 Å². The summed E-state index contributed by atoms with van der Waals surface area (Å²) in [7, 11) is 0. The minimum absolute atomic E-state index is 0.00834. The molecule has 0 aliphatic carbocycles. The number of hydrogen-bond donors (Lipinski definition) is 3. The Morgan fingerprint density at radius 2 is 1.83 bits per heavy atom. The molecule has 3 aromatic carbocycles. The lowest BCUT2D eigenvalue weighted by Crippen LogP contribution is -2.32. The van der Waals surface area contributed by atoms with Gasteiger partial charge in [0.25, 0.3) is 11.8 Å². The van der Waals surface area contributed by atoms with Crippen molar-refractivity contribution in [3.63, 3.8) is 0 Å². The Bertz CT molecular complexity index is 1410. The van der Waals surface area contributed by atoms with Gasteiger partial charge in [0.2, 0.25) is 12.5 Å². The van der Waals surface area contributed by atoms with Gasteiger partial charge < -0.3 is 19.9 Å². The van der Waals surface area contributed by atoms with Crippen molar-refractivity contribution in [3.05, 3.63) is 97.6 Å². The van der Waals surface area contributed by atoms with Crippen molar-refractivity contribution in [3.8, 4) is 17.2 Å². The molecule has 1 aliphatic heterocycles. The van der Waals surface area contributed by atoms with E-state index < -0.39 is 28.2 Å². The molecule has 0 atom stereocenters. The predicted molar refractivity (Wildman–Crippen MR) is 133 cm³/mol. The number of nitro benzene ring substituents is 1. The molecule has 0 radical (unpaired) electrons. The van der Waals surface area contributed by atoms with Crippen LogP contribution in [0, 0.1) is 10.1 Å². The first-order chi connectivity index (χ1) is 17.3. The molecular formula is C24H17BrN4O7. The molecule has 0 bridgehead atoms. The number of phenols is 1. The zero-order valence-corrected chi connectivity index (χ0v) is 19.9. The van der Waals surface area contributed by atoms with E-state index in [1.165, 1.54) is 12.1 Å². The van der Waals surface area contributed by atoms with E-state index in [9.17, 15) is 24.8 Å². The number of fused-ring (bicyclic) bond motifs is 1. The summed E-state index contributed by atoms with van der Waals surface area (Å²) in [5.41, 5.74) is 2.45. The summed E-state index contributed by atoms with van der Waals surface area (Å²) in [6.45, 7) is 0.0793. The van der Waals surface area contributed by atoms with E-state index in [0.717, 1.165) is 12.3 Å². The maximum Gasteiger partial charge on any atom is 0.312 e. The van der Waals surface area contributed by atoms with E-state index >= 15 is 0 Å². The van der Waals surface area contributed by atoms with E-state index in [1.54, 1.807) is 48.5 Å². The van der Waals surface area contributed by atoms with Crippen LogP contribution in [0.25, 0.3) is 6.08 Å². The highest BCUT2D eigenvalue weighted by Gasteiger charge is 2.19. The molecule has 1 heterocycles. The second-order valence-corrected chi connectivity index (χ2v) is 8.23. The first kappa shape index (κ1) is 24.4. The second kappa shape index (κ2) is 10.7. The predicted octanol–water partition coefficient (Wildman–Crippen LogP) is 3.71. The number of halogens is 1. The summed E-state index contributed by atoms with van der Waals surface area (Å²) in [6, 6.07) is 15.8. The molecule has 182 valence electrons. The van der Waals surface area contributed by atoms with Crippen molar-refractivity contribution in [1.82, 2.24) is 10.7 Å². The minimum atomic E-state index is -0.780. The van der Waals surface area contributed by atoms with Gasteiger partial charge >= 0.3 is 5.69 Å². The third kappa shape index (κ3) is 5.67. The lowest BCUT2D eigenvalue weighted by atomic mass is 10.1. The molecule has 0 saturated heterocycles. The highest BCUT2D eigenvalue weighted by Crippen LogP contribution is 2.33. The molecule has 12 heteroatoms. The van der Waals surface area contributed by atoms with Crippen LogP contribution < -0.4 is 20.2 Å². The average Bonchev–Trinajstić information content (AvgIpc) is 3.33. The van der Waals surface area contributed by atoms with Crippen molar-refractivity contribution >= 4 is 45.7 Å². The number of nitrogens with one attached hydrogen (secondary N) is 2. The molecule has 2 amide bonds. The van der Waals surface area contributed by atoms with E-state index in [2.05, 4.69) is 31.8 Å². The smallest absolute Gasteiger partial charge is 0.312 e. The van der Waals surface area contributed by atoms with Crippen molar-refractivity contribution in [1.29, 1.82) is 0 Å². The van der Waals surface area contributed by atoms with Crippen LogP contribution in [-0.2, 0) is 4.79 Å². The first-order valence-electron chi connectivity index (χ1n) is 10.3. The molecule has 0 fully saturated rings. The van der Waals surface area contributed by atoms with Crippen LogP contribution in [0.15, 0.2) is 75.9 Å². The van der Waals surface area contributed by atoms with Gasteiger partial charge in [-0.05, 0) is 42.0 Å². The van der Waals surface area contributed by atoms with Crippen LogP contribution in [0.2, 0.25) is 0 Å². The molecule has 1 aliphatic rings. The Labute approximate surface area is 212 Å². The molecule has 36 heavy (non-hydrogen) atoms. The van der Waals surface area contributed by atoms with Crippen molar-refractivity contribution in [2.45, 2.75) is 0 Å². The summed E-state index contributed by atoms with van der Waals surface area (Å²) in [5.74, 6) is -0.879. The van der Waals surface area contributed by atoms with Gasteiger partial charge in [0, 0.05) is 21.7 Å². The molecule has 0 unspecified atom stereocenters. The summed E-state index contributed by atoms with van der Waals surface area (Å²) in [6.07, 6.45) is 2.47. The third-order valence-electron chi connectivity index (χ3n) is 4.89. The zero-order valence-electron chi connectivity index (χ0n) is 18.3. The minimum Gasteiger partial charge on any atom is -0.502 e. The third-order valence-corrected chi connectivity index (χ3v) is 5.34. The molecule has 11 nitrogen and oxygen atoms in total. The molecule has 4 rings (SSSR count). The number of phenolic OH excluding ortho intramolecular Hbond substituents is 1. The van der Waals surface area contributed by atoms with E-state index in [0.29, 0.717) is 27.1 Å². The molecule has 0 aromatic heterocycles. The fourth-order valence-corrected chi connectivity index (χ4v) is 3.64. The van der Waals surface area contributed by atoms with Gasteiger partial charge in [-0.1, -0.05) is 40.2 Å².